The van der Waals surface area contributed by atoms with Crippen molar-refractivity contribution in [3.63, 3.8) is 0 Å². The van der Waals surface area contributed by atoms with Crippen LogP contribution in [0.1, 0.15) is 23.6 Å². The fourth-order valence-electron chi connectivity index (χ4n) is 3.58. The van der Waals surface area contributed by atoms with Gasteiger partial charge in [0.05, 0.1) is 5.75 Å². The first-order valence-electron chi connectivity index (χ1n) is 11.1. The first-order chi connectivity index (χ1) is 16.5. The van der Waals surface area contributed by atoms with Crippen LogP contribution in [0.5, 0.6) is 0 Å². The van der Waals surface area contributed by atoms with Crippen LogP contribution in [0, 0.1) is 5.82 Å². The van der Waals surface area contributed by atoms with Crippen LogP contribution in [-0.4, -0.2) is 35.1 Å². The number of benzene rings is 3. The maximum Gasteiger partial charge on any atom is 0.243 e. The molecule has 4 nitrogen and oxygen atoms in total. The molecule has 0 spiro atoms. The normalized spacial score (nSPS) is 11.6. The quantitative estimate of drug-likeness (QED) is 0.380. The lowest BCUT2D eigenvalue weighted by atomic mass is 10.0. The Morgan fingerprint density at radius 2 is 1.65 bits per heavy atom. The molecular formula is C27H28ClFN2O2S. The number of nitrogens with zero attached hydrogens (tertiary/aromatic N) is 1. The second-order valence-electron chi connectivity index (χ2n) is 7.83. The number of carbonyl (C=O) groups is 2. The van der Waals surface area contributed by atoms with Crippen molar-refractivity contribution >= 4 is 35.2 Å². The number of likely N-dealkylation sites (N-methyl/N-ethyl adjacent to an activating group) is 1. The molecule has 0 aromatic heterocycles. The second-order valence-corrected chi connectivity index (χ2v) is 9.23. The summed E-state index contributed by atoms with van der Waals surface area (Å²) in [6.07, 6.45) is 0.384. The lowest BCUT2D eigenvalue weighted by molar-refractivity contribution is -0.139. The van der Waals surface area contributed by atoms with Crippen molar-refractivity contribution < 1.29 is 14.0 Å². The molecule has 0 heterocycles. The van der Waals surface area contributed by atoms with E-state index in [0.29, 0.717) is 23.7 Å². The predicted octanol–water partition coefficient (Wildman–Crippen LogP) is 5.49. The van der Waals surface area contributed by atoms with E-state index in [1.807, 2.05) is 61.5 Å². The average molecular weight is 499 g/mol. The Bertz CT molecular complexity index is 1080. The van der Waals surface area contributed by atoms with E-state index >= 15 is 0 Å². The highest BCUT2D eigenvalue weighted by molar-refractivity contribution is 7.99. The average Bonchev–Trinajstić information content (AvgIpc) is 2.84. The fourth-order valence-corrected chi connectivity index (χ4v) is 4.78. The Balaban J connectivity index is 1.82. The number of thioether (sulfide) groups is 1. The predicted molar refractivity (Wildman–Crippen MR) is 137 cm³/mol. The van der Waals surface area contributed by atoms with Crippen LogP contribution in [0.15, 0.2) is 78.9 Å². The van der Waals surface area contributed by atoms with Gasteiger partial charge in [0.25, 0.3) is 0 Å². The molecule has 0 fully saturated rings. The third kappa shape index (κ3) is 7.61. The van der Waals surface area contributed by atoms with Crippen molar-refractivity contribution in [3.05, 3.63) is 106 Å². The number of hydrogen-bond acceptors (Lipinski definition) is 3. The Kier molecular flexibility index (Phi) is 9.98. The van der Waals surface area contributed by atoms with Gasteiger partial charge in [0, 0.05) is 30.3 Å². The Hall–Kier alpha value is -2.83. The van der Waals surface area contributed by atoms with Gasteiger partial charge in [0.2, 0.25) is 11.8 Å². The van der Waals surface area contributed by atoms with Crippen molar-refractivity contribution in [2.24, 2.45) is 0 Å². The fraction of sp³-hybridized carbons (Fsp3) is 0.259. The lowest BCUT2D eigenvalue weighted by Crippen LogP contribution is -2.51. The Morgan fingerprint density at radius 3 is 2.32 bits per heavy atom. The largest absolute Gasteiger partial charge is 0.355 e. The van der Waals surface area contributed by atoms with Crippen LogP contribution in [0.3, 0.4) is 0 Å². The van der Waals surface area contributed by atoms with Crippen LogP contribution in [0.2, 0.25) is 5.02 Å². The minimum absolute atomic E-state index is 0.159. The summed E-state index contributed by atoms with van der Waals surface area (Å²) in [5.74, 6) is 0.0604. The molecule has 0 saturated heterocycles. The molecule has 1 atom stereocenters. The first kappa shape index (κ1) is 25.8. The maximum atomic E-state index is 13.5. The van der Waals surface area contributed by atoms with E-state index in [1.54, 1.807) is 17.0 Å². The van der Waals surface area contributed by atoms with Gasteiger partial charge in [0.1, 0.15) is 11.9 Å². The third-order valence-corrected chi connectivity index (χ3v) is 6.66. The smallest absolute Gasteiger partial charge is 0.243 e. The van der Waals surface area contributed by atoms with Crippen molar-refractivity contribution in [1.82, 2.24) is 10.2 Å². The van der Waals surface area contributed by atoms with Gasteiger partial charge in [-0.1, -0.05) is 72.3 Å². The Morgan fingerprint density at radius 1 is 0.971 bits per heavy atom. The monoisotopic (exact) mass is 498 g/mol. The summed E-state index contributed by atoms with van der Waals surface area (Å²) in [7, 11) is 0. The summed E-state index contributed by atoms with van der Waals surface area (Å²) >= 11 is 7.70. The zero-order valence-corrected chi connectivity index (χ0v) is 20.6. The van der Waals surface area contributed by atoms with Crippen molar-refractivity contribution in [1.29, 1.82) is 0 Å². The number of halogens is 2. The summed E-state index contributed by atoms with van der Waals surface area (Å²) in [5, 5.41) is 3.53. The molecule has 0 aliphatic carbocycles. The molecule has 3 aromatic rings. The van der Waals surface area contributed by atoms with E-state index in [2.05, 4.69) is 5.32 Å². The first-order valence-corrected chi connectivity index (χ1v) is 12.7. The van der Waals surface area contributed by atoms with Gasteiger partial charge in [-0.25, -0.2) is 4.39 Å². The molecular weight excluding hydrogens is 471 g/mol. The molecule has 1 N–H and O–H groups in total. The summed E-state index contributed by atoms with van der Waals surface area (Å²) in [6.45, 7) is 2.52. The third-order valence-electron chi connectivity index (χ3n) is 5.33. The van der Waals surface area contributed by atoms with Gasteiger partial charge >= 0.3 is 0 Å². The number of hydrogen-bond donors (Lipinski definition) is 1. The molecule has 2 amide bonds. The molecule has 178 valence electrons. The highest BCUT2D eigenvalue weighted by atomic mass is 35.5. The number of nitrogens with one attached hydrogen (secondary N) is 1. The molecule has 3 aromatic carbocycles. The van der Waals surface area contributed by atoms with Crippen molar-refractivity contribution in [3.8, 4) is 0 Å². The lowest BCUT2D eigenvalue weighted by Gasteiger charge is -2.31. The summed E-state index contributed by atoms with van der Waals surface area (Å²) in [4.78, 5) is 28.1. The van der Waals surface area contributed by atoms with Gasteiger partial charge in [0.15, 0.2) is 0 Å². The maximum absolute atomic E-state index is 13.5. The number of rotatable bonds is 11. The molecule has 0 radical (unpaired) electrons. The van der Waals surface area contributed by atoms with Gasteiger partial charge < -0.3 is 10.2 Å². The van der Waals surface area contributed by atoms with Gasteiger partial charge in [-0.2, -0.15) is 0 Å². The molecule has 0 aliphatic rings. The van der Waals surface area contributed by atoms with Crippen LogP contribution in [0.4, 0.5) is 4.39 Å². The van der Waals surface area contributed by atoms with E-state index in [-0.39, 0.29) is 29.9 Å². The molecule has 0 saturated carbocycles. The molecule has 0 bridgehead atoms. The summed E-state index contributed by atoms with van der Waals surface area (Å²) < 4.78 is 13.5. The minimum Gasteiger partial charge on any atom is -0.355 e. The van der Waals surface area contributed by atoms with E-state index < -0.39 is 6.04 Å². The van der Waals surface area contributed by atoms with E-state index in [4.69, 9.17) is 11.6 Å². The van der Waals surface area contributed by atoms with Gasteiger partial charge in [-0.05, 0) is 41.8 Å². The van der Waals surface area contributed by atoms with Crippen molar-refractivity contribution in [2.75, 3.05) is 12.3 Å². The minimum atomic E-state index is -0.694. The molecule has 3 rings (SSSR count). The zero-order chi connectivity index (χ0) is 24.3. The van der Waals surface area contributed by atoms with E-state index in [1.165, 1.54) is 23.9 Å². The molecule has 7 heteroatoms. The van der Waals surface area contributed by atoms with Gasteiger partial charge in [-0.3, -0.25) is 9.59 Å². The standard InChI is InChI=1S/C27H28ClFN2O2S/c1-2-30-27(33)25(16-20-8-4-3-5-9-20)31(17-21-12-14-23(29)15-13-21)26(32)19-34-18-22-10-6-7-11-24(22)28/h3-15,25H,2,16-19H2,1H3,(H,30,33)/t25-/m0/s1. The van der Waals surface area contributed by atoms with Crippen LogP contribution in [-0.2, 0) is 28.3 Å². The second kappa shape index (κ2) is 13.2. The van der Waals surface area contributed by atoms with E-state index in [0.717, 1.165) is 16.7 Å². The highest BCUT2D eigenvalue weighted by Crippen LogP contribution is 2.22. The molecule has 0 unspecified atom stereocenters. The zero-order valence-electron chi connectivity index (χ0n) is 19.0. The van der Waals surface area contributed by atoms with E-state index in [9.17, 15) is 14.0 Å². The van der Waals surface area contributed by atoms with Crippen LogP contribution >= 0.6 is 23.4 Å². The molecule has 34 heavy (non-hydrogen) atoms. The summed E-state index contributed by atoms with van der Waals surface area (Å²) in [6, 6.07) is 22.5. The topological polar surface area (TPSA) is 49.4 Å². The number of amides is 2. The van der Waals surface area contributed by atoms with Gasteiger partial charge in [-0.15, -0.1) is 11.8 Å². The van der Waals surface area contributed by atoms with Crippen LogP contribution in [0.25, 0.3) is 0 Å². The summed E-state index contributed by atoms with van der Waals surface area (Å²) in [5.41, 5.74) is 2.67. The highest BCUT2D eigenvalue weighted by Gasteiger charge is 2.30. The van der Waals surface area contributed by atoms with Crippen molar-refractivity contribution in [2.45, 2.75) is 31.7 Å². The van der Waals surface area contributed by atoms with Crippen LogP contribution < -0.4 is 5.32 Å². The SMILES string of the molecule is CCNC(=O)[C@H](Cc1ccccc1)N(Cc1ccc(F)cc1)C(=O)CSCc1ccccc1Cl. The number of carbonyl (C=O) groups excluding carboxylic acids is 2. The Labute approximate surface area is 209 Å². The molecule has 0 aliphatic heterocycles.